The van der Waals surface area contributed by atoms with E-state index in [-0.39, 0.29) is 11.7 Å². The summed E-state index contributed by atoms with van der Waals surface area (Å²) >= 11 is 6.09. The Balaban J connectivity index is 1.11. The smallest absolute Gasteiger partial charge is 0.252 e. The molecule has 0 spiro atoms. The number of nitrogens with zero attached hydrogens (tertiary/aromatic N) is 2. The number of amides is 1. The Labute approximate surface area is 203 Å². The summed E-state index contributed by atoms with van der Waals surface area (Å²) in [5, 5.41) is 5.62. The maximum Gasteiger partial charge on any atom is 0.252 e. The van der Waals surface area contributed by atoms with E-state index in [1.54, 1.807) is 18.2 Å². The SMILES string of the molecule is Cc1cc(C(=O)NCCCN2CCC(c3c[nH]c4cc(F)ccc34)CC2)c2ccc(Cl)cc2n1. The third-order valence-electron chi connectivity index (χ3n) is 6.78. The molecular formula is C27H28ClFN4O. The number of hydrogen-bond acceptors (Lipinski definition) is 3. The number of aromatic amines is 1. The molecule has 2 N–H and O–H groups in total. The number of fused-ring (bicyclic) bond motifs is 2. The quantitative estimate of drug-likeness (QED) is 0.343. The number of H-pyrrole nitrogens is 1. The molecule has 0 radical (unpaired) electrons. The van der Waals surface area contributed by atoms with Crippen molar-refractivity contribution in [1.82, 2.24) is 20.2 Å². The molecule has 4 aromatic rings. The number of rotatable bonds is 6. The predicted octanol–water partition coefficient (Wildman–Crippen LogP) is 5.82. The van der Waals surface area contributed by atoms with E-state index in [9.17, 15) is 9.18 Å². The first-order valence-corrected chi connectivity index (χ1v) is 12.2. The number of carbonyl (C=O) groups excluding carboxylic acids is 1. The van der Waals surface area contributed by atoms with Gasteiger partial charge in [0.05, 0.1) is 11.1 Å². The summed E-state index contributed by atoms with van der Waals surface area (Å²) in [5.41, 5.74) is 4.33. The summed E-state index contributed by atoms with van der Waals surface area (Å²) in [6.07, 6.45) is 5.11. The molecule has 2 aromatic carbocycles. The Hall–Kier alpha value is -2.96. The normalized spacial score (nSPS) is 15.3. The Morgan fingerprint density at radius 3 is 2.79 bits per heavy atom. The molecule has 0 bridgehead atoms. The van der Waals surface area contributed by atoms with E-state index in [0.29, 0.717) is 23.0 Å². The number of hydrogen-bond donors (Lipinski definition) is 2. The van der Waals surface area contributed by atoms with Crippen LogP contribution in [0.4, 0.5) is 4.39 Å². The fraction of sp³-hybridized carbons (Fsp3) is 0.333. The molecule has 1 aliphatic heterocycles. The van der Waals surface area contributed by atoms with E-state index in [0.717, 1.165) is 66.4 Å². The Bertz CT molecular complexity index is 1340. The molecule has 1 saturated heterocycles. The maximum absolute atomic E-state index is 13.5. The Morgan fingerprint density at radius 2 is 1.97 bits per heavy atom. The van der Waals surface area contributed by atoms with E-state index in [1.165, 1.54) is 11.6 Å². The van der Waals surface area contributed by atoms with Crippen molar-refractivity contribution in [2.45, 2.75) is 32.1 Å². The van der Waals surface area contributed by atoms with Crippen LogP contribution in [0.15, 0.2) is 48.7 Å². The summed E-state index contributed by atoms with van der Waals surface area (Å²) in [5.74, 6) is 0.207. The van der Waals surface area contributed by atoms with Gasteiger partial charge in [0.15, 0.2) is 0 Å². The monoisotopic (exact) mass is 478 g/mol. The van der Waals surface area contributed by atoms with Crippen LogP contribution >= 0.6 is 11.6 Å². The molecule has 0 saturated carbocycles. The number of aryl methyl sites for hydroxylation is 1. The molecule has 1 aliphatic rings. The van der Waals surface area contributed by atoms with Crippen molar-refractivity contribution in [2.24, 2.45) is 0 Å². The molecule has 5 rings (SSSR count). The zero-order valence-corrected chi connectivity index (χ0v) is 20.0. The van der Waals surface area contributed by atoms with Crippen LogP contribution in [0.1, 0.15) is 46.8 Å². The molecule has 7 heteroatoms. The van der Waals surface area contributed by atoms with Gasteiger partial charge in [0, 0.05) is 39.7 Å². The lowest BCUT2D eigenvalue weighted by atomic mass is 9.89. The van der Waals surface area contributed by atoms with E-state index in [2.05, 4.69) is 20.2 Å². The topological polar surface area (TPSA) is 61.0 Å². The number of carbonyl (C=O) groups is 1. The molecule has 34 heavy (non-hydrogen) atoms. The van der Waals surface area contributed by atoms with Crippen LogP contribution in [0.2, 0.25) is 5.02 Å². The average molecular weight is 479 g/mol. The highest BCUT2D eigenvalue weighted by Gasteiger charge is 2.22. The molecule has 5 nitrogen and oxygen atoms in total. The highest BCUT2D eigenvalue weighted by Crippen LogP contribution is 2.33. The number of nitrogens with one attached hydrogen (secondary N) is 2. The molecule has 3 heterocycles. The van der Waals surface area contributed by atoms with Crippen molar-refractivity contribution in [2.75, 3.05) is 26.2 Å². The number of piperidine rings is 1. The number of pyridine rings is 1. The zero-order valence-electron chi connectivity index (χ0n) is 19.2. The fourth-order valence-electron chi connectivity index (χ4n) is 5.05. The minimum atomic E-state index is -0.209. The standard InChI is InChI=1S/C27H28ClFN4O/c1-17-13-23(21-5-3-19(28)14-26(21)32-17)27(34)30-9-2-10-33-11-7-18(8-12-33)24-16-31-25-15-20(29)4-6-22(24)25/h3-6,13-16,18,31H,2,7-12H2,1H3,(H,30,34). The van der Waals surface area contributed by atoms with Crippen molar-refractivity contribution in [1.29, 1.82) is 0 Å². The van der Waals surface area contributed by atoms with Crippen molar-refractivity contribution >= 4 is 39.3 Å². The molecule has 1 amide bonds. The fourth-order valence-corrected chi connectivity index (χ4v) is 5.21. The number of aromatic nitrogens is 2. The Morgan fingerprint density at radius 1 is 1.18 bits per heavy atom. The van der Waals surface area contributed by atoms with Gasteiger partial charge in [-0.2, -0.15) is 0 Å². The molecule has 0 aliphatic carbocycles. The van der Waals surface area contributed by atoms with Crippen LogP contribution in [0, 0.1) is 12.7 Å². The average Bonchev–Trinajstić information content (AvgIpc) is 3.24. The minimum Gasteiger partial charge on any atom is -0.361 e. The second-order valence-electron chi connectivity index (χ2n) is 9.13. The highest BCUT2D eigenvalue weighted by atomic mass is 35.5. The van der Waals surface area contributed by atoms with E-state index in [4.69, 9.17) is 11.6 Å². The van der Waals surface area contributed by atoms with Gasteiger partial charge in [-0.25, -0.2) is 4.39 Å². The lowest BCUT2D eigenvalue weighted by Crippen LogP contribution is -2.35. The van der Waals surface area contributed by atoms with Gasteiger partial charge in [-0.05, 0) is 93.7 Å². The van der Waals surface area contributed by atoms with E-state index < -0.39 is 0 Å². The van der Waals surface area contributed by atoms with Crippen LogP contribution < -0.4 is 5.32 Å². The molecule has 0 unspecified atom stereocenters. The van der Waals surface area contributed by atoms with E-state index in [1.807, 2.05) is 31.3 Å². The first-order valence-electron chi connectivity index (χ1n) is 11.8. The Kier molecular flexibility index (Phi) is 6.53. The second-order valence-corrected chi connectivity index (χ2v) is 9.57. The summed E-state index contributed by atoms with van der Waals surface area (Å²) in [4.78, 5) is 23.0. The third kappa shape index (κ3) is 4.79. The van der Waals surface area contributed by atoms with Crippen LogP contribution in [-0.2, 0) is 0 Å². The number of halogens is 2. The minimum absolute atomic E-state index is 0.0766. The summed E-state index contributed by atoms with van der Waals surface area (Å²) < 4.78 is 13.5. The van der Waals surface area contributed by atoms with Gasteiger partial charge in [-0.1, -0.05) is 17.7 Å². The highest BCUT2D eigenvalue weighted by molar-refractivity contribution is 6.31. The van der Waals surface area contributed by atoms with Crippen molar-refractivity contribution in [3.05, 3.63) is 76.3 Å². The van der Waals surface area contributed by atoms with Gasteiger partial charge in [0.2, 0.25) is 0 Å². The van der Waals surface area contributed by atoms with Gasteiger partial charge in [-0.3, -0.25) is 9.78 Å². The van der Waals surface area contributed by atoms with Gasteiger partial charge < -0.3 is 15.2 Å². The lowest BCUT2D eigenvalue weighted by molar-refractivity contribution is 0.0952. The van der Waals surface area contributed by atoms with Gasteiger partial charge in [0.25, 0.3) is 5.91 Å². The van der Waals surface area contributed by atoms with Crippen LogP contribution in [0.25, 0.3) is 21.8 Å². The second kappa shape index (κ2) is 9.72. The van der Waals surface area contributed by atoms with E-state index >= 15 is 0 Å². The number of benzene rings is 2. The first kappa shape index (κ1) is 22.8. The first-order chi connectivity index (χ1) is 16.5. The van der Waals surface area contributed by atoms with Gasteiger partial charge in [-0.15, -0.1) is 0 Å². The van der Waals surface area contributed by atoms with Crippen molar-refractivity contribution in [3.8, 4) is 0 Å². The maximum atomic E-state index is 13.5. The number of likely N-dealkylation sites (tertiary alicyclic amines) is 1. The zero-order chi connectivity index (χ0) is 23.7. The summed E-state index contributed by atoms with van der Waals surface area (Å²) in [7, 11) is 0. The van der Waals surface area contributed by atoms with Gasteiger partial charge in [0.1, 0.15) is 5.82 Å². The largest absolute Gasteiger partial charge is 0.361 e. The van der Waals surface area contributed by atoms with Crippen LogP contribution in [0.5, 0.6) is 0 Å². The van der Waals surface area contributed by atoms with Crippen molar-refractivity contribution in [3.63, 3.8) is 0 Å². The molecule has 2 aromatic heterocycles. The van der Waals surface area contributed by atoms with Crippen LogP contribution in [-0.4, -0.2) is 47.0 Å². The molecular weight excluding hydrogens is 451 g/mol. The molecule has 1 fully saturated rings. The lowest BCUT2D eigenvalue weighted by Gasteiger charge is -2.32. The predicted molar refractivity (Wildman–Crippen MR) is 135 cm³/mol. The van der Waals surface area contributed by atoms with Crippen molar-refractivity contribution < 1.29 is 9.18 Å². The molecule has 0 atom stereocenters. The summed E-state index contributed by atoms with van der Waals surface area (Å²) in [6, 6.07) is 12.2. The van der Waals surface area contributed by atoms with Gasteiger partial charge >= 0.3 is 0 Å². The van der Waals surface area contributed by atoms with Crippen LogP contribution in [0.3, 0.4) is 0 Å². The summed E-state index contributed by atoms with van der Waals surface area (Å²) in [6.45, 7) is 5.53. The third-order valence-corrected chi connectivity index (χ3v) is 7.02. The molecule has 176 valence electrons.